The van der Waals surface area contributed by atoms with Crippen LogP contribution in [0.25, 0.3) is 5.57 Å². The molecular weight excluding hydrogens is 306 g/mol. The van der Waals surface area contributed by atoms with Crippen molar-refractivity contribution in [2.75, 3.05) is 11.9 Å². The number of carboxylic acid groups (broad SMARTS) is 1. The second-order valence-corrected chi connectivity index (χ2v) is 5.26. The highest BCUT2D eigenvalue weighted by molar-refractivity contribution is 6.06. The summed E-state index contributed by atoms with van der Waals surface area (Å²) in [6.45, 7) is 8.08. The summed E-state index contributed by atoms with van der Waals surface area (Å²) < 4.78 is 5.53. The number of benzene rings is 2. The van der Waals surface area contributed by atoms with E-state index in [4.69, 9.17) is 9.84 Å². The van der Waals surface area contributed by atoms with Crippen molar-refractivity contribution in [3.8, 4) is 5.75 Å². The lowest BCUT2D eigenvalue weighted by atomic mass is 10.1. The van der Waals surface area contributed by atoms with Gasteiger partial charge in [-0.05, 0) is 49.7 Å². The number of nitrogens with one attached hydrogen (secondary N) is 1. The van der Waals surface area contributed by atoms with E-state index in [1.165, 1.54) is 18.2 Å². The molecule has 2 aromatic carbocycles. The van der Waals surface area contributed by atoms with Gasteiger partial charge in [0.15, 0.2) is 0 Å². The Labute approximate surface area is 140 Å². The molecule has 5 heteroatoms. The fraction of sp³-hybridized carbons (Fsp3) is 0.158. The molecule has 2 aromatic rings. The lowest BCUT2D eigenvalue weighted by Crippen LogP contribution is -2.14. The first-order chi connectivity index (χ1) is 11.4. The van der Waals surface area contributed by atoms with Gasteiger partial charge in [-0.1, -0.05) is 24.3 Å². The predicted molar refractivity (Wildman–Crippen MR) is 93.7 cm³/mol. The smallest absolute Gasteiger partial charge is 0.335 e. The number of anilines is 1. The predicted octanol–water partition coefficient (Wildman–Crippen LogP) is 4.07. The van der Waals surface area contributed by atoms with Crippen LogP contribution in [0.4, 0.5) is 5.69 Å². The number of ether oxygens (including phenoxy) is 1. The zero-order chi connectivity index (χ0) is 17.7. The van der Waals surface area contributed by atoms with Gasteiger partial charge in [0.1, 0.15) is 5.75 Å². The molecule has 0 aliphatic carbocycles. The molecular formula is C19H19NO4. The molecule has 0 bridgehead atoms. The van der Waals surface area contributed by atoms with E-state index < -0.39 is 11.9 Å². The maximum absolute atomic E-state index is 12.4. The SMILES string of the molecule is C=C(C)c1ccc(OCC)c(NC(=O)c2cccc(C(=O)O)c2)c1. The van der Waals surface area contributed by atoms with Crippen LogP contribution in [0.15, 0.2) is 49.0 Å². The molecule has 0 saturated carbocycles. The van der Waals surface area contributed by atoms with Crippen LogP contribution in [-0.4, -0.2) is 23.6 Å². The van der Waals surface area contributed by atoms with E-state index in [1.807, 2.05) is 19.9 Å². The third kappa shape index (κ3) is 4.01. The minimum atomic E-state index is -1.08. The second-order valence-electron chi connectivity index (χ2n) is 5.26. The molecule has 0 spiro atoms. The number of carboxylic acids is 1. The molecule has 0 aliphatic rings. The highest BCUT2D eigenvalue weighted by Crippen LogP contribution is 2.29. The second kappa shape index (κ2) is 7.46. The van der Waals surface area contributed by atoms with Crippen molar-refractivity contribution in [2.24, 2.45) is 0 Å². The largest absolute Gasteiger partial charge is 0.492 e. The first-order valence-corrected chi connectivity index (χ1v) is 7.49. The van der Waals surface area contributed by atoms with Crippen molar-refractivity contribution in [1.29, 1.82) is 0 Å². The lowest BCUT2D eigenvalue weighted by molar-refractivity contribution is 0.0697. The Balaban J connectivity index is 2.33. The summed E-state index contributed by atoms with van der Waals surface area (Å²) in [5.41, 5.74) is 2.58. The van der Waals surface area contributed by atoms with E-state index in [0.29, 0.717) is 18.0 Å². The minimum Gasteiger partial charge on any atom is -0.492 e. The van der Waals surface area contributed by atoms with Gasteiger partial charge >= 0.3 is 5.97 Å². The van der Waals surface area contributed by atoms with Crippen molar-refractivity contribution in [1.82, 2.24) is 0 Å². The van der Waals surface area contributed by atoms with Gasteiger partial charge in [0, 0.05) is 5.56 Å². The number of aromatic carboxylic acids is 1. The zero-order valence-electron chi connectivity index (χ0n) is 13.6. The van der Waals surface area contributed by atoms with Crippen molar-refractivity contribution < 1.29 is 19.4 Å². The van der Waals surface area contributed by atoms with Gasteiger partial charge in [-0.2, -0.15) is 0 Å². The topological polar surface area (TPSA) is 75.6 Å². The van der Waals surface area contributed by atoms with Gasteiger partial charge in [-0.3, -0.25) is 4.79 Å². The van der Waals surface area contributed by atoms with E-state index in [9.17, 15) is 9.59 Å². The van der Waals surface area contributed by atoms with Crippen LogP contribution < -0.4 is 10.1 Å². The van der Waals surface area contributed by atoms with Crippen LogP contribution in [0.1, 0.15) is 40.1 Å². The summed E-state index contributed by atoms with van der Waals surface area (Å²) >= 11 is 0. The van der Waals surface area contributed by atoms with Gasteiger partial charge in [0.2, 0.25) is 0 Å². The number of carbonyl (C=O) groups is 2. The Morgan fingerprint density at radius 1 is 1.12 bits per heavy atom. The van der Waals surface area contributed by atoms with Crippen LogP contribution in [0, 0.1) is 0 Å². The van der Waals surface area contributed by atoms with E-state index in [1.54, 1.807) is 18.2 Å². The fourth-order valence-electron chi connectivity index (χ4n) is 2.16. The molecule has 2 rings (SSSR count). The normalized spacial score (nSPS) is 10.1. The van der Waals surface area contributed by atoms with E-state index in [0.717, 1.165) is 11.1 Å². The molecule has 0 saturated heterocycles. The Hall–Kier alpha value is -3.08. The van der Waals surface area contributed by atoms with Crippen molar-refractivity contribution in [2.45, 2.75) is 13.8 Å². The van der Waals surface area contributed by atoms with Crippen molar-refractivity contribution in [3.63, 3.8) is 0 Å². The number of amides is 1. The highest BCUT2D eigenvalue weighted by atomic mass is 16.5. The summed E-state index contributed by atoms with van der Waals surface area (Å²) in [7, 11) is 0. The van der Waals surface area contributed by atoms with Gasteiger partial charge in [0.05, 0.1) is 17.9 Å². The zero-order valence-corrected chi connectivity index (χ0v) is 13.6. The molecule has 124 valence electrons. The third-order valence-electron chi connectivity index (χ3n) is 3.39. The fourth-order valence-corrected chi connectivity index (χ4v) is 2.16. The molecule has 24 heavy (non-hydrogen) atoms. The number of hydrogen-bond donors (Lipinski definition) is 2. The number of carbonyl (C=O) groups excluding carboxylic acids is 1. The molecule has 0 unspecified atom stereocenters. The highest BCUT2D eigenvalue weighted by Gasteiger charge is 2.13. The monoisotopic (exact) mass is 325 g/mol. The van der Waals surface area contributed by atoms with Gasteiger partial charge in [-0.25, -0.2) is 4.79 Å². The Morgan fingerprint density at radius 3 is 2.46 bits per heavy atom. The van der Waals surface area contributed by atoms with E-state index >= 15 is 0 Å². The van der Waals surface area contributed by atoms with Crippen LogP contribution in [-0.2, 0) is 0 Å². The molecule has 0 aliphatic heterocycles. The average molecular weight is 325 g/mol. The molecule has 0 atom stereocenters. The summed E-state index contributed by atoms with van der Waals surface area (Å²) in [4.78, 5) is 23.5. The van der Waals surface area contributed by atoms with E-state index in [-0.39, 0.29) is 11.1 Å². The van der Waals surface area contributed by atoms with Crippen molar-refractivity contribution in [3.05, 3.63) is 65.7 Å². The Morgan fingerprint density at radius 2 is 1.83 bits per heavy atom. The molecule has 0 fully saturated rings. The summed E-state index contributed by atoms with van der Waals surface area (Å²) in [5.74, 6) is -0.938. The van der Waals surface area contributed by atoms with E-state index in [2.05, 4.69) is 11.9 Å². The molecule has 5 nitrogen and oxygen atoms in total. The maximum atomic E-state index is 12.4. The molecule has 0 heterocycles. The minimum absolute atomic E-state index is 0.0587. The summed E-state index contributed by atoms with van der Waals surface area (Å²) in [5, 5.41) is 11.8. The number of rotatable bonds is 6. The van der Waals surface area contributed by atoms with Gasteiger partial charge in [-0.15, -0.1) is 0 Å². The maximum Gasteiger partial charge on any atom is 0.335 e. The lowest BCUT2D eigenvalue weighted by Gasteiger charge is -2.13. The van der Waals surface area contributed by atoms with Gasteiger partial charge in [0.25, 0.3) is 5.91 Å². The molecule has 2 N–H and O–H groups in total. The Kier molecular flexibility index (Phi) is 5.37. The van der Waals surface area contributed by atoms with Crippen LogP contribution in [0.3, 0.4) is 0 Å². The first kappa shape index (κ1) is 17.3. The average Bonchev–Trinajstić information content (AvgIpc) is 2.56. The summed E-state index contributed by atoms with van der Waals surface area (Å²) in [6, 6.07) is 11.3. The number of allylic oxidation sites excluding steroid dienone is 1. The first-order valence-electron chi connectivity index (χ1n) is 7.49. The van der Waals surface area contributed by atoms with Gasteiger partial charge < -0.3 is 15.2 Å². The standard InChI is InChI=1S/C19H19NO4/c1-4-24-17-9-8-13(12(2)3)11-16(17)20-18(21)14-6-5-7-15(10-14)19(22)23/h5-11H,2,4H2,1,3H3,(H,20,21)(H,22,23). The quantitative estimate of drug-likeness (QED) is 0.839. The Bertz CT molecular complexity index is 796. The van der Waals surface area contributed by atoms with Crippen LogP contribution >= 0.6 is 0 Å². The molecule has 1 amide bonds. The third-order valence-corrected chi connectivity index (χ3v) is 3.39. The van der Waals surface area contributed by atoms with Crippen LogP contribution in [0.5, 0.6) is 5.75 Å². The number of hydrogen-bond acceptors (Lipinski definition) is 3. The van der Waals surface area contributed by atoms with Crippen LogP contribution in [0.2, 0.25) is 0 Å². The summed E-state index contributed by atoms with van der Waals surface area (Å²) in [6.07, 6.45) is 0. The molecule has 0 radical (unpaired) electrons. The molecule has 0 aromatic heterocycles. The van der Waals surface area contributed by atoms with Crippen molar-refractivity contribution >= 4 is 23.1 Å².